The molecule has 0 aliphatic carbocycles. The number of hydrogen-bond acceptors (Lipinski definition) is 7. The highest BCUT2D eigenvalue weighted by Gasteiger charge is 2.27. The predicted octanol–water partition coefficient (Wildman–Crippen LogP) is 11.6. The highest BCUT2D eigenvalue weighted by atomic mass is 31.2. The monoisotopic (exact) mass is 791 g/mol. The minimum atomic E-state index is -4.39. The van der Waals surface area contributed by atoms with Gasteiger partial charge < -0.3 is 18.9 Å². The van der Waals surface area contributed by atoms with E-state index in [0.717, 1.165) is 77.0 Å². The molecule has 0 heterocycles. The number of likely N-dealkylation sites (N-methyl/N-ethyl adjacent to an activating group) is 1. The Morgan fingerprint density at radius 3 is 1.62 bits per heavy atom. The van der Waals surface area contributed by atoms with Crippen LogP contribution in [0, 0.1) is 0 Å². The second-order valence-corrected chi connectivity index (χ2v) is 16.1. The molecule has 0 aromatic rings. The number of phosphoric acid groups is 1. The summed E-state index contributed by atoms with van der Waals surface area (Å²) < 4.78 is 34.1. The molecule has 0 aromatic carbocycles. The predicted molar refractivity (Wildman–Crippen MR) is 229 cm³/mol. The molecule has 314 valence electrons. The van der Waals surface area contributed by atoms with E-state index in [9.17, 15) is 19.0 Å². The van der Waals surface area contributed by atoms with Gasteiger partial charge in [-0.3, -0.25) is 18.6 Å². The van der Waals surface area contributed by atoms with Crippen molar-refractivity contribution in [2.75, 3.05) is 47.5 Å². The zero-order valence-corrected chi connectivity index (χ0v) is 36.0. The lowest BCUT2D eigenvalue weighted by Gasteiger charge is -2.24. The van der Waals surface area contributed by atoms with E-state index in [0.29, 0.717) is 23.9 Å². The van der Waals surface area contributed by atoms with Crippen LogP contribution < -0.4 is 0 Å². The molecule has 0 rings (SSSR count). The van der Waals surface area contributed by atoms with Gasteiger partial charge in [-0.25, -0.2) is 4.57 Å². The molecule has 1 unspecified atom stereocenters. The van der Waals surface area contributed by atoms with Gasteiger partial charge in [0.05, 0.1) is 27.7 Å². The van der Waals surface area contributed by atoms with Crippen LogP contribution >= 0.6 is 7.82 Å². The molecule has 0 amide bonds. The summed E-state index contributed by atoms with van der Waals surface area (Å²) in [6.45, 7) is 4.15. The second-order valence-electron chi connectivity index (χ2n) is 14.6. The molecule has 0 fully saturated rings. The number of nitrogens with zero attached hydrogens (tertiary/aromatic N) is 1. The molecular formula is C45H77NO8P+. The minimum Gasteiger partial charge on any atom is -0.462 e. The van der Waals surface area contributed by atoms with Gasteiger partial charge in [0.1, 0.15) is 19.8 Å². The normalized spacial score (nSPS) is 14.5. The number of carbonyl (C=O) groups excluding carboxylic acids is 2. The summed E-state index contributed by atoms with van der Waals surface area (Å²) in [6, 6.07) is 0. The quantitative estimate of drug-likeness (QED) is 0.0220. The van der Waals surface area contributed by atoms with Crippen molar-refractivity contribution in [1.29, 1.82) is 0 Å². The maximum atomic E-state index is 12.6. The lowest BCUT2D eigenvalue weighted by Crippen LogP contribution is -2.37. The SMILES string of the molecule is CC/C=C\C/C=C\C/C=C\C/C=C\C/C=C\C/C=C\CCC(=O)OC[C@H](COP(=O)(O)OCC[N+](C)(C)C)OC(=O)CCCCCCC/C=C\CCCCC. The van der Waals surface area contributed by atoms with Gasteiger partial charge in [0, 0.05) is 12.8 Å². The summed E-state index contributed by atoms with van der Waals surface area (Å²) in [5.74, 6) is -0.917. The molecule has 0 aromatic heterocycles. The summed E-state index contributed by atoms with van der Waals surface area (Å²) in [5, 5.41) is 0. The van der Waals surface area contributed by atoms with Crippen molar-refractivity contribution in [2.45, 2.75) is 142 Å². The molecule has 0 spiro atoms. The molecule has 0 bridgehead atoms. The van der Waals surface area contributed by atoms with Crippen LogP contribution in [0.1, 0.15) is 136 Å². The average Bonchev–Trinajstić information content (AvgIpc) is 3.13. The summed E-state index contributed by atoms with van der Waals surface area (Å²) in [5.41, 5.74) is 0. The Morgan fingerprint density at radius 1 is 0.582 bits per heavy atom. The number of hydrogen-bond donors (Lipinski definition) is 1. The Kier molecular flexibility index (Phi) is 34.9. The van der Waals surface area contributed by atoms with Crippen molar-refractivity contribution >= 4 is 19.8 Å². The Balaban J connectivity index is 4.53. The van der Waals surface area contributed by atoms with Gasteiger partial charge in [-0.2, -0.15) is 0 Å². The number of esters is 2. The Morgan fingerprint density at radius 2 is 1.07 bits per heavy atom. The highest BCUT2D eigenvalue weighted by Crippen LogP contribution is 2.43. The third kappa shape index (κ3) is 40.7. The molecule has 9 nitrogen and oxygen atoms in total. The molecule has 0 aliphatic rings. The van der Waals surface area contributed by atoms with Gasteiger partial charge in [0.15, 0.2) is 6.10 Å². The minimum absolute atomic E-state index is 0.0144. The van der Waals surface area contributed by atoms with Gasteiger partial charge in [0.2, 0.25) is 0 Å². The fourth-order valence-corrected chi connectivity index (χ4v) is 5.66. The third-order valence-electron chi connectivity index (χ3n) is 8.17. The van der Waals surface area contributed by atoms with E-state index < -0.39 is 32.5 Å². The molecule has 1 N–H and O–H groups in total. The van der Waals surface area contributed by atoms with E-state index >= 15 is 0 Å². The van der Waals surface area contributed by atoms with Crippen molar-refractivity contribution in [3.63, 3.8) is 0 Å². The standard InChI is InChI=1S/C45H76NO8P/c1-6-8-10-12-14-16-18-20-21-22-23-24-25-26-28-29-31-33-35-37-44(47)51-41-43(42-53-55(49,50)52-40-39-46(3,4)5)54-45(48)38-36-34-32-30-27-19-17-15-13-11-9-7-2/h8,10,14-17,20-21,23-24,26,28,31,33,43H,6-7,9,11-13,18-19,22,25,27,29-30,32,34-42H2,1-5H3/p+1/b10-8-,16-14-,17-15-,21-20-,24-23-,28-26-,33-31-/t43-/m1/s1. The average molecular weight is 791 g/mol. The van der Waals surface area contributed by atoms with Gasteiger partial charge in [-0.05, 0) is 77.0 Å². The number of unbranched alkanes of at least 4 members (excludes halogenated alkanes) is 8. The molecule has 10 heteroatoms. The first-order valence-electron chi connectivity index (χ1n) is 20.8. The van der Waals surface area contributed by atoms with Crippen LogP contribution in [0.2, 0.25) is 0 Å². The van der Waals surface area contributed by atoms with Crippen LogP contribution in [0.4, 0.5) is 0 Å². The largest absolute Gasteiger partial charge is 0.472 e. The van der Waals surface area contributed by atoms with Crippen LogP contribution in [0.3, 0.4) is 0 Å². The first-order valence-corrected chi connectivity index (χ1v) is 22.3. The van der Waals surface area contributed by atoms with E-state index in [1.54, 1.807) is 0 Å². The number of rotatable bonds is 36. The van der Waals surface area contributed by atoms with Gasteiger partial charge in [-0.15, -0.1) is 0 Å². The van der Waals surface area contributed by atoms with Crippen molar-refractivity contribution in [1.82, 2.24) is 0 Å². The van der Waals surface area contributed by atoms with Crippen molar-refractivity contribution in [3.05, 3.63) is 85.1 Å². The van der Waals surface area contributed by atoms with Crippen LogP contribution in [0.5, 0.6) is 0 Å². The maximum absolute atomic E-state index is 12.6. The zero-order valence-electron chi connectivity index (χ0n) is 35.1. The van der Waals surface area contributed by atoms with Crippen molar-refractivity contribution in [3.8, 4) is 0 Å². The summed E-state index contributed by atoms with van der Waals surface area (Å²) in [4.78, 5) is 35.2. The summed E-state index contributed by atoms with van der Waals surface area (Å²) in [7, 11) is 1.42. The molecular weight excluding hydrogens is 713 g/mol. The second kappa shape index (κ2) is 36.8. The molecule has 0 saturated heterocycles. The number of allylic oxidation sites excluding steroid dienone is 14. The van der Waals surface area contributed by atoms with Gasteiger partial charge in [-0.1, -0.05) is 131 Å². The van der Waals surface area contributed by atoms with Gasteiger partial charge >= 0.3 is 19.8 Å². The van der Waals surface area contributed by atoms with E-state index in [1.807, 2.05) is 33.3 Å². The Hall–Kier alpha value is -2.81. The molecule has 0 saturated carbocycles. The van der Waals surface area contributed by atoms with Crippen LogP contribution in [-0.2, 0) is 32.7 Å². The van der Waals surface area contributed by atoms with Crippen LogP contribution in [-0.4, -0.2) is 74.9 Å². The van der Waals surface area contributed by atoms with E-state index in [4.69, 9.17) is 18.5 Å². The zero-order chi connectivity index (χ0) is 40.7. The van der Waals surface area contributed by atoms with Gasteiger partial charge in [0.25, 0.3) is 0 Å². The smallest absolute Gasteiger partial charge is 0.462 e. The van der Waals surface area contributed by atoms with Crippen molar-refractivity contribution < 1.29 is 42.1 Å². The van der Waals surface area contributed by atoms with E-state index in [2.05, 4.69) is 86.8 Å². The molecule has 55 heavy (non-hydrogen) atoms. The van der Waals surface area contributed by atoms with Crippen LogP contribution in [0.25, 0.3) is 0 Å². The summed E-state index contributed by atoms with van der Waals surface area (Å²) in [6.07, 6.45) is 46.5. The number of carbonyl (C=O) groups is 2. The number of quaternary nitrogens is 1. The van der Waals surface area contributed by atoms with Crippen LogP contribution in [0.15, 0.2) is 85.1 Å². The molecule has 0 radical (unpaired) electrons. The maximum Gasteiger partial charge on any atom is 0.472 e. The molecule has 0 aliphatic heterocycles. The lowest BCUT2D eigenvalue weighted by atomic mass is 10.1. The Bertz CT molecular complexity index is 1210. The van der Waals surface area contributed by atoms with Crippen molar-refractivity contribution in [2.24, 2.45) is 0 Å². The first-order chi connectivity index (χ1) is 26.5. The summed E-state index contributed by atoms with van der Waals surface area (Å²) >= 11 is 0. The Labute approximate surface area is 335 Å². The third-order valence-corrected chi connectivity index (χ3v) is 9.16. The topological polar surface area (TPSA) is 108 Å². The fraction of sp³-hybridized carbons (Fsp3) is 0.644. The molecule has 2 atom stereocenters. The number of phosphoric ester groups is 1. The van der Waals surface area contributed by atoms with E-state index in [-0.39, 0.29) is 26.1 Å². The lowest BCUT2D eigenvalue weighted by molar-refractivity contribution is -0.870. The number of ether oxygens (including phenoxy) is 2. The first kappa shape index (κ1) is 52.2. The fourth-order valence-electron chi connectivity index (χ4n) is 4.91. The highest BCUT2D eigenvalue weighted by molar-refractivity contribution is 7.47. The van der Waals surface area contributed by atoms with E-state index in [1.165, 1.54) is 19.3 Å².